The highest BCUT2D eigenvalue weighted by Gasteiger charge is 2.47. The number of benzene rings is 1. The summed E-state index contributed by atoms with van der Waals surface area (Å²) in [4.78, 5) is 6.75. The molecular formula is C36H44N3O+. The van der Waals surface area contributed by atoms with Crippen molar-refractivity contribution in [1.82, 2.24) is 4.90 Å². The van der Waals surface area contributed by atoms with Crippen molar-refractivity contribution in [2.75, 3.05) is 7.11 Å². The van der Waals surface area contributed by atoms with Gasteiger partial charge in [0.25, 0.3) is 0 Å². The monoisotopic (exact) mass is 534 g/mol. The molecule has 3 rings (SSSR count). The quantitative estimate of drug-likeness (QED) is 0.140. The summed E-state index contributed by atoms with van der Waals surface area (Å²) in [6.45, 7) is 33.9. The van der Waals surface area contributed by atoms with E-state index in [-0.39, 0.29) is 5.41 Å². The first-order chi connectivity index (χ1) is 18.9. The van der Waals surface area contributed by atoms with Crippen LogP contribution < -0.4 is 4.57 Å². The summed E-state index contributed by atoms with van der Waals surface area (Å²) >= 11 is 0. The molecule has 4 nitrogen and oxygen atoms in total. The number of nitrogens with zero attached hydrogens (tertiary/aromatic N) is 3. The molecule has 2 heterocycles. The van der Waals surface area contributed by atoms with Gasteiger partial charge < -0.3 is 9.64 Å². The summed E-state index contributed by atoms with van der Waals surface area (Å²) in [6, 6.07) is 14.9. The molecule has 2 unspecified atom stereocenters. The third-order valence-corrected chi connectivity index (χ3v) is 8.41. The number of aromatic nitrogens is 1. The minimum atomic E-state index is -0.529. The molecule has 0 aliphatic carbocycles. The van der Waals surface area contributed by atoms with E-state index >= 15 is 0 Å². The summed E-state index contributed by atoms with van der Waals surface area (Å²) in [7, 11) is 1.59. The fourth-order valence-corrected chi connectivity index (χ4v) is 5.59. The van der Waals surface area contributed by atoms with Gasteiger partial charge in [-0.3, -0.25) is 4.99 Å². The Morgan fingerprint density at radius 3 is 2.33 bits per heavy atom. The average molecular weight is 535 g/mol. The van der Waals surface area contributed by atoms with Gasteiger partial charge in [0.1, 0.15) is 5.76 Å². The van der Waals surface area contributed by atoms with Gasteiger partial charge in [0.05, 0.1) is 19.1 Å². The molecule has 1 aromatic heterocycles. The summed E-state index contributed by atoms with van der Waals surface area (Å²) in [6.07, 6.45) is 10.3. The van der Waals surface area contributed by atoms with Crippen LogP contribution in [0.25, 0.3) is 17.0 Å². The number of hydrogen-bond acceptors (Lipinski definition) is 3. The zero-order valence-corrected chi connectivity index (χ0v) is 25.0. The lowest BCUT2D eigenvalue weighted by molar-refractivity contribution is -0.571. The molecule has 0 amide bonds. The first kappa shape index (κ1) is 30.4. The summed E-state index contributed by atoms with van der Waals surface area (Å²) in [5, 5.41) is 0. The highest BCUT2D eigenvalue weighted by atomic mass is 16.5. The van der Waals surface area contributed by atoms with E-state index in [4.69, 9.17) is 9.73 Å². The second kappa shape index (κ2) is 12.3. The number of ether oxygens (including phenoxy) is 1. The Balaban J connectivity index is 2.11. The first-order valence-corrected chi connectivity index (χ1v) is 13.6. The molecular weight excluding hydrogens is 490 g/mol. The Morgan fingerprint density at radius 1 is 1.00 bits per heavy atom. The second-order valence-corrected chi connectivity index (χ2v) is 11.0. The standard InChI is InChI=1S/C36H44N3O/c1-26(2)39(28(4)19-20-31(7)40-11)29(5)24-27(3)35(8)22-21-32-16-12-13-17-33(32)34-18-14-15-23-38(34)30(6)25-36(35,9)37-10/h12-20,23-24H,1,4-7,10,21-22,25H2,2-3,8-9,11H3/q+1/b20-19-,27-24+. The maximum absolute atomic E-state index is 5.17. The van der Waals surface area contributed by atoms with Crippen molar-refractivity contribution in [2.24, 2.45) is 10.4 Å². The third kappa shape index (κ3) is 6.02. The Hall–Kier alpha value is -4.18. The van der Waals surface area contributed by atoms with Crippen molar-refractivity contribution in [1.29, 1.82) is 0 Å². The van der Waals surface area contributed by atoms with Crippen molar-refractivity contribution in [2.45, 2.75) is 52.5 Å². The molecule has 0 bridgehead atoms. The molecule has 1 aliphatic rings. The van der Waals surface area contributed by atoms with E-state index in [9.17, 15) is 0 Å². The van der Waals surface area contributed by atoms with Crippen molar-refractivity contribution in [3.8, 4) is 11.3 Å². The predicted octanol–water partition coefficient (Wildman–Crippen LogP) is 8.44. The fraction of sp³-hybridized carbons (Fsp3) is 0.278. The van der Waals surface area contributed by atoms with Crippen molar-refractivity contribution in [3.63, 3.8) is 0 Å². The van der Waals surface area contributed by atoms with Crippen LogP contribution in [0.2, 0.25) is 0 Å². The first-order valence-electron chi connectivity index (χ1n) is 13.6. The van der Waals surface area contributed by atoms with Crippen LogP contribution in [0.15, 0.2) is 133 Å². The lowest BCUT2D eigenvalue weighted by atomic mass is 9.62. The van der Waals surface area contributed by atoms with Gasteiger partial charge in [-0.25, -0.2) is 0 Å². The van der Waals surface area contributed by atoms with Crippen LogP contribution in [0.4, 0.5) is 0 Å². The smallest absolute Gasteiger partial charge is 0.218 e. The maximum atomic E-state index is 5.17. The molecule has 4 heteroatoms. The molecule has 1 aromatic carbocycles. The van der Waals surface area contributed by atoms with Gasteiger partial charge in [-0.2, -0.15) is 4.57 Å². The Labute approximate surface area is 241 Å². The number of rotatable bonds is 9. The van der Waals surface area contributed by atoms with E-state index in [0.29, 0.717) is 12.2 Å². The van der Waals surface area contributed by atoms with Crippen LogP contribution in [0.5, 0.6) is 0 Å². The minimum Gasteiger partial charge on any atom is -0.497 e. The maximum Gasteiger partial charge on any atom is 0.218 e. The predicted molar refractivity (Wildman–Crippen MR) is 170 cm³/mol. The number of aliphatic imine (C=N–C) groups is 1. The van der Waals surface area contributed by atoms with E-state index in [0.717, 1.165) is 46.9 Å². The summed E-state index contributed by atoms with van der Waals surface area (Å²) < 4.78 is 7.36. The number of pyridine rings is 1. The molecule has 0 saturated heterocycles. The fourth-order valence-electron chi connectivity index (χ4n) is 5.59. The normalized spacial score (nSPS) is 21.1. The van der Waals surface area contributed by atoms with Crippen LogP contribution in [0, 0.1) is 5.41 Å². The molecule has 0 N–H and O–H groups in total. The van der Waals surface area contributed by atoms with Gasteiger partial charge in [0, 0.05) is 40.2 Å². The number of allylic oxidation sites excluding steroid dienone is 4. The van der Waals surface area contributed by atoms with Crippen LogP contribution >= 0.6 is 0 Å². The molecule has 2 atom stereocenters. The summed E-state index contributed by atoms with van der Waals surface area (Å²) in [5.41, 5.74) is 7.19. The SMILES string of the molecule is C=NC1(C)CC(=C)[n+]2ccccc2-c2ccccc2CCC1(C)/C(C)=C/C(=C)N(C(=C)C)C(=C)/C=C\C(=C)OC. The van der Waals surface area contributed by atoms with Gasteiger partial charge in [0.15, 0.2) is 11.9 Å². The largest absolute Gasteiger partial charge is 0.497 e. The van der Waals surface area contributed by atoms with Gasteiger partial charge in [-0.05, 0) is 82.8 Å². The number of aryl methyl sites for hydroxylation is 1. The van der Waals surface area contributed by atoms with E-state index in [1.165, 1.54) is 11.1 Å². The van der Waals surface area contributed by atoms with Crippen LogP contribution in [-0.4, -0.2) is 24.3 Å². The van der Waals surface area contributed by atoms with E-state index < -0.39 is 5.54 Å². The van der Waals surface area contributed by atoms with Crippen molar-refractivity contribution < 1.29 is 9.30 Å². The molecule has 0 spiro atoms. The van der Waals surface area contributed by atoms with Crippen LogP contribution in [0.3, 0.4) is 0 Å². The highest BCUT2D eigenvalue weighted by molar-refractivity contribution is 5.62. The van der Waals surface area contributed by atoms with E-state index in [2.05, 4.69) is 114 Å². The molecule has 0 saturated carbocycles. The van der Waals surface area contributed by atoms with Crippen LogP contribution in [-0.2, 0) is 11.2 Å². The van der Waals surface area contributed by atoms with E-state index in [1.807, 2.05) is 24.0 Å². The lowest BCUT2D eigenvalue weighted by Gasteiger charge is -2.45. The minimum absolute atomic E-state index is 0.358. The van der Waals surface area contributed by atoms with E-state index in [1.54, 1.807) is 13.2 Å². The number of methoxy groups -OCH3 is 1. The zero-order valence-electron chi connectivity index (χ0n) is 25.0. The molecule has 0 radical (unpaired) electrons. The van der Waals surface area contributed by atoms with Gasteiger partial charge in [-0.1, -0.05) is 57.0 Å². The van der Waals surface area contributed by atoms with Crippen molar-refractivity contribution >= 4 is 12.4 Å². The third-order valence-electron chi connectivity index (χ3n) is 8.41. The van der Waals surface area contributed by atoms with Crippen molar-refractivity contribution in [3.05, 3.63) is 134 Å². The molecule has 208 valence electrons. The van der Waals surface area contributed by atoms with Gasteiger partial charge >= 0.3 is 0 Å². The Kier molecular flexibility index (Phi) is 9.36. The Bertz CT molecular complexity index is 1430. The zero-order chi connectivity index (χ0) is 29.7. The summed E-state index contributed by atoms with van der Waals surface area (Å²) in [5.74, 6) is 0.543. The highest BCUT2D eigenvalue weighted by Crippen LogP contribution is 2.49. The molecule has 0 fully saturated rings. The Morgan fingerprint density at radius 2 is 1.68 bits per heavy atom. The second-order valence-electron chi connectivity index (χ2n) is 11.0. The topological polar surface area (TPSA) is 28.7 Å². The van der Waals surface area contributed by atoms with Gasteiger partial charge in [-0.15, -0.1) is 0 Å². The average Bonchev–Trinajstić information content (AvgIpc) is 2.93. The number of hydrogen-bond donors (Lipinski definition) is 0. The lowest BCUT2D eigenvalue weighted by Crippen LogP contribution is -2.47. The molecule has 40 heavy (non-hydrogen) atoms. The molecule has 2 aromatic rings. The van der Waals surface area contributed by atoms with Crippen LogP contribution in [0.1, 0.15) is 46.1 Å². The number of fused-ring (bicyclic) bond motifs is 3. The van der Waals surface area contributed by atoms with Gasteiger partial charge in [0.2, 0.25) is 5.69 Å². The molecule has 1 aliphatic heterocycles.